The molecule has 2 rings (SSSR count). The minimum absolute atomic E-state index is 0.802. The molecule has 1 aliphatic carbocycles. The first-order chi connectivity index (χ1) is 7.75. The molecule has 0 bridgehead atoms. The van der Waals surface area contributed by atoms with Gasteiger partial charge in [-0.05, 0) is 44.2 Å². The first-order valence-electron chi connectivity index (χ1n) is 6.50. The van der Waals surface area contributed by atoms with E-state index in [9.17, 15) is 0 Å². The van der Waals surface area contributed by atoms with Gasteiger partial charge in [0.1, 0.15) is 0 Å². The minimum atomic E-state index is 0.802. The summed E-state index contributed by atoms with van der Waals surface area (Å²) in [5.41, 5.74) is 1.43. The molecule has 1 nitrogen and oxygen atoms in total. The molecule has 0 radical (unpaired) electrons. The number of hydrogen-bond donors (Lipinski definition) is 0. The molecule has 1 aliphatic rings. The highest BCUT2D eigenvalue weighted by Gasteiger charge is 2.21. The van der Waals surface area contributed by atoms with Crippen molar-refractivity contribution in [3.05, 3.63) is 35.9 Å². The van der Waals surface area contributed by atoms with Crippen LogP contribution in [0.25, 0.3) is 0 Å². The van der Waals surface area contributed by atoms with Crippen molar-refractivity contribution in [1.82, 2.24) is 4.90 Å². The largest absolute Gasteiger partial charge is 0.299 e. The molecule has 0 aromatic heterocycles. The van der Waals surface area contributed by atoms with Crippen molar-refractivity contribution in [2.24, 2.45) is 5.92 Å². The molecule has 1 heteroatoms. The van der Waals surface area contributed by atoms with E-state index in [2.05, 4.69) is 49.2 Å². The van der Waals surface area contributed by atoms with E-state index in [1.54, 1.807) is 0 Å². The lowest BCUT2D eigenvalue weighted by molar-refractivity contribution is 0.164. The van der Waals surface area contributed by atoms with Crippen molar-refractivity contribution in [1.29, 1.82) is 0 Å². The fourth-order valence-corrected chi connectivity index (χ4v) is 2.68. The van der Waals surface area contributed by atoms with Gasteiger partial charge in [0.25, 0.3) is 0 Å². The van der Waals surface area contributed by atoms with Gasteiger partial charge in [0, 0.05) is 12.6 Å². The molecular weight excluding hydrogens is 194 g/mol. The average molecular weight is 217 g/mol. The summed E-state index contributed by atoms with van der Waals surface area (Å²) < 4.78 is 0. The Labute approximate surface area is 99.5 Å². The molecular formula is C15H23N. The first-order valence-corrected chi connectivity index (χ1v) is 6.50. The molecule has 0 aliphatic heterocycles. The number of nitrogens with zero attached hydrogens (tertiary/aromatic N) is 1. The zero-order chi connectivity index (χ0) is 11.4. The molecule has 1 aromatic rings. The number of hydrogen-bond acceptors (Lipinski definition) is 1. The van der Waals surface area contributed by atoms with E-state index in [1.165, 1.54) is 31.2 Å². The molecule has 0 N–H and O–H groups in total. The van der Waals surface area contributed by atoms with Crippen LogP contribution in [0.1, 0.15) is 38.2 Å². The lowest BCUT2D eigenvalue weighted by atomic mass is 9.86. The van der Waals surface area contributed by atoms with E-state index in [1.807, 2.05) is 0 Å². The standard InChI is InChI=1S/C15H23N/c1-13-8-10-15(11-9-13)16(2)12-14-6-4-3-5-7-14/h3-7,13,15H,8-12H2,1-2H3/t13-,15+. The van der Waals surface area contributed by atoms with Gasteiger partial charge >= 0.3 is 0 Å². The number of benzene rings is 1. The van der Waals surface area contributed by atoms with Gasteiger partial charge in [0.15, 0.2) is 0 Å². The maximum Gasteiger partial charge on any atom is 0.0233 e. The molecule has 1 aromatic carbocycles. The van der Waals surface area contributed by atoms with Gasteiger partial charge in [-0.25, -0.2) is 0 Å². The summed E-state index contributed by atoms with van der Waals surface area (Å²) in [6.45, 7) is 3.48. The van der Waals surface area contributed by atoms with Crippen LogP contribution in [0, 0.1) is 5.92 Å². The highest BCUT2D eigenvalue weighted by molar-refractivity contribution is 5.14. The zero-order valence-electron chi connectivity index (χ0n) is 10.5. The molecule has 1 fully saturated rings. The highest BCUT2D eigenvalue weighted by atomic mass is 15.1. The highest BCUT2D eigenvalue weighted by Crippen LogP contribution is 2.27. The van der Waals surface area contributed by atoms with Crippen LogP contribution in [0.3, 0.4) is 0 Å². The van der Waals surface area contributed by atoms with Crippen LogP contribution in [-0.2, 0) is 6.54 Å². The second-order valence-corrected chi connectivity index (χ2v) is 5.31. The fourth-order valence-electron chi connectivity index (χ4n) is 2.68. The lowest BCUT2D eigenvalue weighted by Gasteiger charge is -2.33. The van der Waals surface area contributed by atoms with E-state index in [0.717, 1.165) is 18.5 Å². The average Bonchev–Trinajstić information content (AvgIpc) is 2.31. The third kappa shape index (κ3) is 3.08. The van der Waals surface area contributed by atoms with Gasteiger partial charge in [-0.3, -0.25) is 4.90 Å². The summed E-state index contributed by atoms with van der Waals surface area (Å²) in [6, 6.07) is 11.6. The Hall–Kier alpha value is -0.820. The van der Waals surface area contributed by atoms with E-state index in [0.29, 0.717) is 0 Å². The Bertz CT molecular complexity index is 298. The van der Waals surface area contributed by atoms with E-state index in [4.69, 9.17) is 0 Å². The topological polar surface area (TPSA) is 3.24 Å². The van der Waals surface area contributed by atoms with Crippen LogP contribution < -0.4 is 0 Å². The molecule has 0 unspecified atom stereocenters. The second kappa shape index (κ2) is 5.49. The molecule has 0 heterocycles. The second-order valence-electron chi connectivity index (χ2n) is 5.31. The molecule has 88 valence electrons. The molecule has 0 atom stereocenters. The monoisotopic (exact) mass is 217 g/mol. The summed E-state index contributed by atoms with van der Waals surface area (Å²) in [4.78, 5) is 2.53. The lowest BCUT2D eigenvalue weighted by Crippen LogP contribution is -2.34. The van der Waals surface area contributed by atoms with Crippen molar-refractivity contribution in [2.45, 2.75) is 45.2 Å². The van der Waals surface area contributed by atoms with Gasteiger partial charge in [-0.2, -0.15) is 0 Å². The van der Waals surface area contributed by atoms with Crippen LogP contribution in [-0.4, -0.2) is 18.0 Å². The Morgan fingerprint density at radius 3 is 2.31 bits per heavy atom. The molecule has 0 saturated heterocycles. The maximum absolute atomic E-state index is 2.53. The Morgan fingerprint density at radius 2 is 1.69 bits per heavy atom. The first kappa shape index (κ1) is 11.7. The van der Waals surface area contributed by atoms with Crippen molar-refractivity contribution in [3.63, 3.8) is 0 Å². The Balaban J connectivity index is 1.86. The molecule has 0 spiro atoms. The van der Waals surface area contributed by atoms with Gasteiger partial charge in [0.2, 0.25) is 0 Å². The summed E-state index contributed by atoms with van der Waals surface area (Å²) >= 11 is 0. The quantitative estimate of drug-likeness (QED) is 0.746. The predicted molar refractivity (Wildman–Crippen MR) is 69.3 cm³/mol. The Morgan fingerprint density at radius 1 is 1.06 bits per heavy atom. The van der Waals surface area contributed by atoms with E-state index in [-0.39, 0.29) is 0 Å². The fraction of sp³-hybridized carbons (Fsp3) is 0.600. The van der Waals surface area contributed by atoms with Crippen LogP contribution in [0.15, 0.2) is 30.3 Å². The van der Waals surface area contributed by atoms with E-state index >= 15 is 0 Å². The predicted octanol–water partition coefficient (Wildman–Crippen LogP) is 3.70. The molecule has 1 saturated carbocycles. The third-order valence-electron chi connectivity index (χ3n) is 3.88. The number of rotatable bonds is 3. The maximum atomic E-state index is 2.53. The van der Waals surface area contributed by atoms with Crippen molar-refractivity contribution < 1.29 is 0 Å². The summed E-state index contributed by atoms with van der Waals surface area (Å²) in [7, 11) is 2.27. The van der Waals surface area contributed by atoms with E-state index < -0.39 is 0 Å². The summed E-state index contributed by atoms with van der Waals surface area (Å²) in [6.07, 6.45) is 5.57. The zero-order valence-corrected chi connectivity index (χ0v) is 10.5. The van der Waals surface area contributed by atoms with Gasteiger partial charge < -0.3 is 0 Å². The van der Waals surface area contributed by atoms with Crippen molar-refractivity contribution >= 4 is 0 Å². The van der Waals surface area contributed by atoms with Crippen LogP contribution in [0.2, 0.25) is 0 Å². The summed E-state index contributed by atoms with van der Waals surface area (Å²) in [5.74, 6) is 0.946. The summed E-state index contributed by atoms with van der Waals surface area (Å²) in [5, 5.41) is 0. The Kier molecular flexibility index (Phi) is 4.00. The van der Waals surface area contributed by atoms with Crippen molar-refractivity contribution in [2.75, 3.05) is 7.05 Å². The van der Waals surface area contributed by atoms with Crippen LogP contribution in [0.5, 0.6) is 0 Å². The van der Waals surface area contributed by atoms with Crippen LogP contribution >= 0.6 is 0 Å². The van der Waals surface area contributed by atoms with Gasteiger partial charge in [-0.15, -0.1) is 0 Å². The van der Waals surface area contributed by atoms with Gasteiger partial charge in [0.05, 0.1) is 0 Å². The smallest absolute Gasteiger partial charge is 0.0233 e. The van der Waals surface area contributed by atoms with Gasteiger partial charge in [-0.1, -0.05) is 37.3 Å². The molecule has 16 heavy (non-hydrogen) atoms. The van der Waals surface area contributed by atoms with Crippen molar-refractivity contribution in [3.8, 4) is 0 Å². The SMILES string of the molecule is CN(Cc1ccccc1)[C@H]1CC[C@@H](C)CC1. The minimum Gasteiger partial charge on any atom is -0.299 e. The normalized spacial score (nSPS) is 25.9. The van der Waals surface area contributed by atoms with Crippen LogP contribution in [0.4, 0.5) is 0 Å². The molecule has 0 amide bonds. The third-order valence-corrected chi connectivity index (χ3v) is 3.88.